The second-order valence-electron chi connectivity index (χ2n) is 7.01. The van der Waals surface area contributed by atoms with Crippen LogP contribution in [0, 0.1) is 5.92 Å². The number of nitrogens with zero attached hydrogens (tertiary/aromatic N) is 2. The first-order valence-corrected chi connectivity index (χ1v) is 10.2. The Bertz CT molecular complexity index is 541. The first-order valence-electron chi connectivity index (χ1n) is 9.08. The van der Waals surface area contributed by atoms with Crippen molar-refractivity contribution in [1.82, 2.24) is 9.80 Å². The molecule has 2 aliphatic heterocycles. The largest absolute Gasteiger partial charge is 0.341 e. The summed E-state index contributed by atoms with van der Waals surface area (Å²) in [5.41, 5.74) is 7.23. The van der Waals surface area contributed by atoms with Gasteiger partial charge in [-0.2, -0.15) is 11.8 Å². The van der Waals surface area contributed by atoms with E-state index in [1.807, 2.05) is 30.0 Å². The molecule has 0 saturated carbocycles. The van der Waals surface area contributed by atoms with Crippen LogP contribution in [0.25, 0.3) is 0 Å². The molecule has 2 fully saturated rings. The third-order valence-corrected chi connectivity index (χ3v) is 6.22. The van der Waals surface area contributed by atoms with Crippen LogP contribution in [0.1, 0.15) is 31.4 Å². The maximum atomic E-state index is 13.4. The van der Waals surface area contributed by atoms with E-state index in [1.165, 1.54) is 0 Å². The van der Waals surface area contributed by atoms with Crippen molar-refractivity contribution in [3.63, 3.8) is 0 Å². The van der Waals surface area contributed by atoms with E-state index < -0.39 is 0 Å². The van der Waals surface area contributed by atoms with Crippen LogP contribution < -0.4 is 5.73 Å². The van der Waals surface area contributed by atoms with Gasteiger partial charge in [-0.3, -0.25) is 9.69 Å². The van der Waals surface area contributed by atoms with Crippen molar-refractivity contribution in [2.75, 3.05) is 37.7 Å². The van der Waals surface area contributed by atoms with Crippen molar-refractivity contribution in [2.24, 2.45) is 11.7 Å². The van der Waals surface area contributed by atoms with Crippen molar-refractivity contribution >= 4 is 42.5 Å². The van der Waals surface area contributed by atoms with Gasteiger partial charge in [0.1, 0.15) is 6.04 Å². The smallest absolute Gasteiger partial charge is 0.244 e. The summed E-state index contributed by atoms with van der Waals surface area (Å²) >= 11 is 1.98. The first kappa shape index (κ1) is 23.6. The molecule has 4 nitrogen and oxygen atoms in total. The number of hydrogen-bond donors (Lipinski definition) is 1. The molecule has 0 aliphatic carbocycles. The molecule has 2 N–H and O–H groups in total. The van der Waals surface area contributed by atoms with Crippen LogP contribution in [0.4, 0.5) is 0 Å². The molecule has 0 aromatic heterocycles. The Labute approximate surface area is 174 Å². The lowest BCUT2D eigenvalue weighted by Crippen LogP contribution is -2.50. The fraction of sp³-hybridized carbons (Fsp3) is 0.632. The van der Waals surface area contributed by atoms with Gasteiger partial charge in [-0.15, -0.1) is 24.8 Å². The minimum Gasteiger partial charge on any atom is -0.341 e. The quantitative estimate of drug-likeness (QED) is 0.813. The second kappa shape index (κ2) is 11.4. The van der Waals surface area contributed by atoms with Gasteiger partial charge in [-0.1, -0.05) is 30.3 Å². The average molecular weight is 420 g/mol. The Morgan fingerprint density at radius 2 is 1.81 bits per heavy atom. The minimum atomic E-state index is -0.140. The van der Waals surface area contributed by atoms with E-state index in [0.717, 1.165) is 56.1 Å². The van der Waals surface area contributed by atoms with Gasteiger partial charge < -0.3 is 10.6 Å². The molecule has 3 rings (SSSR count). The number of benzene rings is 1. The summed E-state index contributed by atoms with van der Waals surface area (Å²) in [6, 6.07) is 10.3. The molecule has 3 unspecified atom stereocenters. The summed E-state index contributed by atoms with van der Waals surface area (Å²) in [6.45, 7) is 5.71. The normalized spacial score (nSPS) is 23.3. The number of carbonyl (C=O) groups is 1. The van der Waals surface area contributed by atoms with E-state index in [9.17, 15) is 4.79 Å². The van der Waals surface area contributed by atoms with Gasteiger partial charge in [0.05, 0.1) is 0 Å². The zero-order valence-corrected chi connectivity index (χ0v) is 17.8. The summed E-state index contributed by atoms with van der Waals surface area (Å²) in [7, 11) is 0. The Morgan fingerprint density at radius 1 is 1.15 bits per heavy atom. The molecule has 1 aromatic rings. The maximum Gasteiger partial charge on any atom is 0.244 e. The van der Waals surface area contributed by atoms with Crippen molar-refractivity contribution < 1.29 is 4.79 Å². The van der Waals surface area contributed by atoms with Crippen molar-refractivity contribution in [2.45, 2.75) is 31.8 Å². The number of rotatable bonds is 4. The number of thioether (sulfide) groups is 1. The molecular weight excluding hydrogens is 389 g/mol. The fourth-order valence-electron chi connectivity index (χ4n) is 3.79. The van der Waals surface area contributed by atoms with Crippen molar-refractivity contribution in [3.05, 3.63) is 35.9 Å². The number of nitrogens with two attached hydrogens (primary N) is 1. The van der Waals surface area contributed by atoms with Gasteiger partial charge in [0.15, 0.2) is 0 Å². The SMILES string of the molecule is CC(N)C1CCCN(C(=O)C(c2ccccc2)N2CCSCC2)C1.Cl.Cl. The van der Waals surface area contributed by atoms with Crippen molar-refractivity contribution in [3.8, 4) is 0 Å². The average Bonchev–Trinajstić information content (AvgIpc) is 2.64. The van der Waals surface area contributed by atoms with Crippen LogP contribution in [0.2, 0.25) is 0 Å². The molecule has 2 aliphatic rings. The lowest BCUT2D eigenvalue weighted by atomic mass is 9.91. The van der Waals surface area contributed by atoms with Crippen LogP contribution in [-0.2, 0) is 4.79 Å². The van der Waals surface area contributed by atoms with E-state index in [2.05, 4.69) is 28.9 Å². The molecule has 2 heterocycles. The number of amides is 1. The molecule has 1 aromatic carbocycles. The Hall–Kier alpha value is -0.460. The van der Waals surface area contributed by atoms with Gasteiger partial charge in [-0.25, -0.2) is 0 Å². The molecule has 1 amide bonds. The molecule has 3 atom stereocenters. The topological polar surface area (TPSA) is 49.6 Å². The van der Waals surface area contributed by atoms with Crippen LogP contribution in [0.3, 0.4) is 0 Å². The molecule has 26 heavy (non-hydrogen) atoms. The number of piperidine rings is 1. The summed E-state index contributed by atoms with van der Waals surface area (Å²) in [5.74, 6) is 2.91. The zero-order chi connectivity index (χ0) is 16.9. The highest BCUT2D eigenvalue weighted by molar-refractivity contribution is 7.99. The highest BCUT2D eigenvalue weighted by Crippen LogP contribution is 2.29. The Balaban J connectivity index is 0.00000169. The molecule has 0 bridgehead atoms. The Kier molecular flexibility index (Phi) is 10.3. The summed E-state index contributed by atoms with van der Waals surface area (Å²) in [6.07, 6.45) is 2.20. The summed E-state index contributed by atoms with van der Waals surface area (Å²) in [5, 5.41) is 0. The molecule has 2 saturated heterocycles. The molecule has 0 spiro atoms. The van der Waals surface area contributed by atoms with Gasteiger partial charge in [0, 0.05) is 43.7 Å². The standard InChI is InChI=1S/C19H29N3OS.2ClH/c1-15(20)17-8-5-9-22(14-17)19(23)18(16-6-3-2-4-7-16)21-10-12-24-13-11-21;;/h2-4,6-7,15,17-18H,5,8-14,20H2,1H3;2*1H. The van der Waals surface area contributed by atoms with Gasteiger partial charge >= 0.3 is 0 Å². The van der Waals surface area contributed by atoms with Crippen LogP contribution in [0.15, 0.2) is 30.3 Å². The van der Waals surface area contributed by atoms with Crippen molar-refractivity contribution in [1.29, 1.82) is 0 Å². The van der Waals surface area contributed by atoms with Gasteiger partial charge in [-0.05, 0) is 31.2 Å². The van der Waals surface area contributed by atoms with E-state index in [4.69, 9.17) is 5.73 Å². The number of halogens is 2. The van der Waals surface area contributed by atoms with Crippen LogP contribution >= 0.6 is 36.6 Å². The number of likely N-dealkylation sites (tertiary alicyclic amines) is 1. The molecule has 7 heteroatoms. The molecule has 148 valence electrons. The lowest BCUT2D eigenvalue weighted by molar-refractivity contribution is -0.139. The van der Waals surface area contributed by atoms with E-state index in [-0.39, 0.29) is 42.8 Å². The fourth-order valence-corrected chi connectivity index (χ4v) is 4.72. The first-order chi connectivity index (χ1) is 11.7. The zero-order valence-electron chi connectivity index (χ0n) is 15.4. The highest BCUT2D eigenvalue weighted by Gasteiger charge is 2.34. The second-order valence-corrected chi connectivity index (χ2v) is 8.23. The monoisotopic (exact) mass is 419 g/mol. The third-order valence-electron chi connectivity index (χ3n) is 5.27. The molecular formula is C19H31Cl2N3OS. The van der Waals surface area contributed by atoms with Gasteiger partial charge in [0.25, 0.3) is 0 Å². The van der Waals surface area contributed by atoms with Crippen LogP contribution in [0.5, 0.6) is 0 Å². The predicted molar refractivity (Wildman–Crippen MR) is 116 cm³/mol. The maximum absolute atomic E-state index is 13.4. The number of hydrogen-bond acceptors (Lipinski definition) is 4. The summed E-state index contributed by atoms with van der Waals surface area (Å²) in [4.78, 5) is 17.8. The summed E-state index contributed by atoms with van der Waals surface area (Å²) < 4.78 is 0. The Morgan fingerprint density at radius 3 is 2.42 bits per heavy atom. The minimum absolute atomic E-state index is 0. The van der Waals surface area contributed by atoms with E-state index >= 15 is 0 Å². The predicted octanol–water partition coefficient (Wildman–Crippen LogP) is 3.21. The van der Waals surface area contributed by atoms with Crippen LogP contribution in [-0.4, -0.2) is 59.4 Å². The highest BCUT2D eigenvalue weighted by atomic mass is 35.5. The number of carbonyl (C=O) groups excluding carboxylic acids is 1. The van der Waals surface area contributed by atoms with E-state index in [1.54, 1.807) is 0 Å². The molecule has 0 radical (unpaired) electrons. The van der Waals surface area contributed by atoms with Gasteiger partial charge in [0.2, 0.25) is 5.91 Å². The lowest BCUT2D eigenvalue weighted by Gasteiger charge is -2.40. The third kappa shape index (κ3) is 5.77. The van der Waals surface area contributed by atoms with E-state index in [0.29, 0.717) is 5.92 Å².